The number of para-hydroxylation sites is 2. The zero-order valence-electron chi connectivity index (χ0n) is 14.7. The summed E-state index contributed by atoms with van der Waals surface area (Å²) < 4.78 is 10.5. The van der Waals surface area contributed by atoms with Crippen molar-refractivity contribution in [3.8, 4) is 11.5 Å². The Morgan fingerprint density at radius 3 is 2.69 bits per heavy atom. The number of hydrogen-bond acceptors (Lipinski definition) is 5. The number of nitrogens with one attached hydrogen (secondary N) is 2. The average molecular weight is 355 g/mol. The molecule has 0 atom stereocenters. The van der Waals surface area contributed by atoms with Gasteiger partial charge in [-0.15, -0.1) is 0 Å². The zero-order chi connectivity index (χ0) is 18.5. The van der Waals surface area contributed by atoms with E-state index in [9.17, 15) is 9.59 Å². The molecule has 1 aliphatic rings. The molecule has 1 fully saturated rings. The molecule has 0 saturated carbocycles. The molecule has 0 aliphatic carbocycles. The Morgan fingerprint density at radius 2 is 1.96 bits per heavy atom. The van der Waals surface area contributed by atoms with Gasteiger partial charge in [0.2, 0.25) is 5.91 Å². The Bertz CT molecular complexity index is 822. The lowest BCUT2D eigenvalue weighted by molar-refractivity contribution is -0.120. The second kappa shape index (κ2) is 7.77. The van der Waals surface area contributed by atoms with Gasteiger partial charge in [-0.1, -0.05) is 12.1 Å². The highest BCUT2D eigenvalue weighted by atomic mass is 16.5. The summed E-state index contributed by atoms with van der Waals surface area (Å²) in [5, 5.41) is 5.72. The molecule has 136 valence electrons. The summed E-state index contributed by atoms with van der Waals surface area (Å²) in [5.74, 6) is 0.711. The van der Waals surface area contributed by atoms with Crippen LogP contribution in [0.25, 0.3) is 0 Å². The van der Waals surface area contributed by atoms with E-state index >= 15 is 0 Å². The minimum Gasteiger partial charge on any atom is -0.497 e. The highest BCUT2D eigenvalue weighted by molar-refractivity contribution is 6.08. The van der Waals surface area contributed by atoms with E-state index in [0.29, 0.717) is 35.8 Å². The normalized spacial score (nSPS) is 13.8. The van der Waals surface area contributed by atoms with E-state index in [1.54, 1.807) is 25.3 Å². The monoisotopic (exact) mass is 355 g/mol. The van der Waals surface area contributed by atoms with Crippen LogP contribution in [0.4, 0.5) is 11.4 Å². The van der Waals surface area contributed by atoms with Gasteiger partial charge in [0.25, 0.3) is 5.91 Å². The van der Waals surface area contributed by atoms with Crippen LogP contribution in [0.2, 0.25) is 0 Å². The molecule has 7 nitrogen and oxygen atoms in total. The van der Waals surface area contributed by atoms with Crippen molar-refractivity contribution in [3.63, 3.8) is 0 Å². The third-order valence-electron chi connectivity index (χ3n) is 4.18. The predicted molar refractivity (Wildman–Crippen MR) is 99.2 cm³/mol. The van der Waals surface area contributed by atoms with Gasteiger partial charge in [-0.3, -0.25) is 9.59 Å². The van der Waals surface area contributed by atoms with Crippen LogP contribution in [-0.4, -0.2) is 45.7 Å². The topological polar surface area (TPSA) is 79.9 Å². The molecule has 1 aliphatic heterocycles. The lowest BCUT2D eigenvalue weighted by Crippen LogP contribution is -2.47. The van der Waals surface area contributed by atoms with Crippen LogP contribution < -0.4 is 25.0 Å². The Balaban J connectivity index is 1.85. The molecule has 0 spiro atoms. The minimum atomic E-state index is -0.293. The molecular weight excluding hydrogens is 334 g/mol. The van der Waals surface area contributed by atoms with E-state index in [0.717, 1.165) is 5.69 Å². The van der Waals surface area contributed by atoms with Crippen LogP contribution >= 0.6 is 0 Å². The molecule has 2 N–H and O–H groups in total. The van der Waals surface area contributed by atoms with Crippen molar-refractivity contribution in [2.75, 3.05) is 44.1 Å². The fraction of sp³-hybridized carbons (Fsp3) is 0.263. The number of anilines is 2. The number of benzene rings is 2. The summed E-state index contributed by atoms with van der Waals surface area (Å²) in [7, 11) is 3.06. The van der Waals surface area contributed by atoms with Crippen molar-refractivity contribution in [1.82, 2.24) is 5.32 Å². The number of rotatable bonds is 5. The van der Waals surface area contributed by atoms with Crippen LogP contribution in [0.5, 0.6) is 11.5 Å². The molecule has 2 aromatic rings. The maximum Gasteiger partial charge on any atom is 0.259 e. The quantitative estimate of drug-likeness (QED) is 0.856. The first kappa shape index (κ1) is 17.6. The predicted octanol–water partition coefficient (Wildman–Crippen LogP) is 1.89. The number of ether oxygens (including phenoxy) is 2. The maximum atomic E-state index is 12.8. The highest BCUT2D eigenvalue weighted by Gasteiger charge is 2.20. The number of carbonyl (C=O) groups is 2. The minimum absolute atomic E-state index is 0.0331. The summed E-state index contributed by atoms with van der Waals surface area (Å²) in [4.78, 5) is 26.4. The lowest BCUT2D eigenvalue weighted by atomic mass is 10.1. The smallest absolute Gasteiger partial charge is 0.259 e. The Morgan fingerprint density at radius 1 is 1.15 bits per heavy atom. The Kier molecular flexibility index (Phi) is 5.26. The van der Waals surface area contributed by atoms with Crippen LogP contribution in [0.3, 0.4) is 0 Å². The van der Waals surface area contributed by atoms with E-state index in [1.807, 2.05) is 29.2 Å². The average Bonchev–Trinajstić information content (AvgIpc) is 2.67. The van der Waals surface area contributed by atoms with E-state index in [4.69, 9.17) is 9.47 Å². The summed E-state index contributed by atoms with van der Waals surface area (Å²) in [6, 6.07) is 12.5. The summed E-state index contributed by atoms with van der Waals surface area (Å²) in [5.41, 5.74) is 1.85. The molecule has 2 amide bonds. The van der Waals surface area contributed by atoms with Gasteiger partial charge in [0.15, 0.2) is 0 Å². The van der Waals surface area contributed by atoms with E-state index in [1.165, 1.54) is 7.11 Å². The second-order valence-corrected chi connectivity index (χ2v) is 5.81. The molecule has 0 bridgehead atoms. The summed E-state index contributed by atoms with van der Waals surface area (Å²) in [6.07, 6.45) is 0. The SMILES string of the molecule is COc1ccc(C(=O)Nc2ccccc2N2CCNC(=O)C2)c(OC)c1. The number of carbonyl (C=O) groups excluding carboxylic acids is 2. The van der Waals surface area contributed by atoms with Gasteiger partial charge in [0.1, 0.15) is 11.5 Å². The molecule has 0 aromatic heterocycles. The van der Waals surface area contributed by atoms with Gasteiger partial charge in [0, 0.05) is 19.2 Å². The van der Waals surface area contributed by atoms with Gasteiger partial charge in [0.05, 0.1) is 37.7 Å². The molecule has 3 rings (SSSR count). The van der Waals surface area contributed by atoms with Gasteiger partial charge in [-0.05, 0) is 24.3 Å². The molecule has 26 heavy (non-hydrogen) atoms. The van der Waals surface area contributed by atoms with Crippen molar-refractivity contribution >= 4 is 23.2 Å². The number of piperazine rings is 1. The zero-order valence-corrected chi connectivity index (χ0v) is 14.7. The molecule has 0 radical (unpaired) electrons. The van der Waals surface area contributed by atoms with Gasteiger partial charge >= 0.3 is 0 Å². The third-order valence-corrected chi connectivity index (χ3v) is 4.18. The van der Waals surface area contributed by atoms with Crippen molar-refractivity contribution in [2.45, 2.75) is 0 Å². The standard InChI is InChI=1S/C19H21N3O4/c1-25-13-7-8-14(17(11-13)26-2)19(24)21-15-5-3-4-6-16(15)22-10-9-20-18(23)12-22/h3-8,11H,9-10,12H2,1-2H3,(H,20,23)(H,21,24). The van der Waals surface area contributed by atoms with E-state index in [-0.39, 0.29) is 18.4 Å². The van der Waals surface area contributed by atoms with Crippen molar-refractivity contribution in [2.24, 2.45) is 0 Å². The molecule has 1 saturated heterocycles. The molecule has 2 aromatic carbocycles. The van der Waals surface area contributed by atoms with Crippen LogP contribution in [0, 0.1) is 0 Å². The molecule has 7 heteroatoms. The number of methoxy groups -OCH3 is 2. The van der Waals surface area contributed by atoms with Crippen molar-refractivity contribution < 1.29 is 19.1 Å². The van der Waals surface area contributed by atoms with Crippen molar-refractivity contribution in [3.05, 3.63) is 48.0 Å². The number of nitrogens with zero attached hydrogens (tertiary/aromatic N) is 1. The number of amides is 2. The third kappa shape index (κ3) is 3.72. The fourth-order valence-corrected chi connectivity index (χ4v) is 2.88. The van der Waals surface area contributed by atoms with Gasteiger partial charge in [-0.2, -0.15) is 0 Å². The molecule has 1 heterocycles. The van der Waals surface area contributed by atoms with Gasteiger partial charge in [-0.25, -0.2) is 0 Å². The first-order chi connectivity index (χ1) is 12.6. The fourth-order valence-electron chi connectivity index (χ4n) is 2.88. The first-order valence-corrected chi connectivity index (χ1v) is 8.26. The highest BCUT2D eigenvalue weighted by Crippen LogP contribution is 2.29. The van der Waals surface area contributed by atoms with E-state index < -0.39 is 0 Å². The Labute approximate surface area is 151 Å². The maximum absolute atomic E-state index is 12.8. The van der Waals surface area contributed by atoms with Gasteiger partial charge < -0.3 is 25.0 Å². The van der Waals surface area contributed by atoms with Crippen molar-refractivity contribution in [1.29, 1.82) is 0 Å². The molecular formula is C19H21N3O4. The summed E-state index contributed by atoms with van der Waals surface area (Å²) >= 11 is 0. The van der Waals surface area contributed by atoms with Crippen LogP contribution in [0.15, 0.2) is 42.5 Å². The first-order valence-electron chi connectivity index (χ1n) is 8.26. The second-order valence-electron chi connectivity index (χ2n) is 5.81. The van der Waals surface area contributed by atoms with Crippen LogP contribution in [-0.2, 0) is 4.79 Å². The molecule has 0 unspecified atom stereocenters. The largest absolute Gasteiger partial charge is 0.497 e. The van der Waals surface area contributed by atoms with E-state index in [2.05, 4.69) is 10.6 Å². The van der Waals surface area contributed by atoms with Crippen LogP contribution in [0.1, 0.15) is 10.4 Å². The lowest BCUT2D eigenvalue weighted by Gasteiger charge is -2.30. The summed E-state index contributed by atoms with van der Waals surface area (Å²) in [6.45, 7) is 1.52. The Hall–Kier alpha value is -3.22. The number of hydrogen-bond donors (Lipinski definition) is 2.